The van der Waals surface area contributed by atoms with Crippen molar-refractivity contribution in [2.75, 3.05) is 11.9 Å². The number of pyridine rings is 1. The first-order valence-electron chi connectivity index (χ1n) is 7.60. The smallest absolute Gasteiger partial charge is 0.338 e. The van der Waals surface area contributed by atoms with Crippen LogP contribution in [-0.4, -0.2) is 29.3 Å². The first-order valence-corrected chi connectivity index (χ1v) is 7.60. The Bertz CT molecular complexity index is 712. The molecule has 6 nitrogen and oxygen atoms in total. The van der Waals surface area contributed by atoms with Gasteiger partial charge >= 0.3 is 5.97 Å². The van der Waals surface area contributed by atoms with Crippen LogP contribution in [0.15, 0.2) is 48.8 Å². The molecule has 1 heterocycles. The van der Waals surface area contributed by atoms with Crippen LogP contribution < -0.4 is 5.32 Å². The minimum absolute atomic E-state index is 0.0767. The number of rotatable bonds is 7. The zero-order valence-corrected chi connectivity index (χ0v) is 13.3. The van der Waals surface area contributed by atoms with E-state index >= 15 is 0 Å². The van der Waals surface area contributed by atoms with Crippen molar-refractivity contribution in [1.29, 1.82) is 0 Å². The SMILES string of the molecule is CCOC(=O)c1ccc(NC(=O)CCC(=O)c2cccnc2)cc1. The third kappa shape index (κ3) is 5.01. The van der Waals surface area contributed by atoms with Gasteiger partial charge in [0, 0.05) is 36.5 Å². The fraction of sp³-hybridized carbons (Fsp3) is 0.222. The first-order chi connectivity index (χ1) is 11.6. The molecule has 0 aliphatic carbocycles. The van der Waals surface area contributed by atoms with Gasteiger partial charge in [0.05, 0.1) is 12.2 Å². The van der Waals surface area contributed by atoms with Gasteiger partial charge in [-0.1, -0.05) is 0 Å². The van der Waals surface area contributed by atoms with Crippen molar-refractivity contribution in [1.82, 2.24) is 4.98 Å². The number of hydrogen-bond donors (Lipinski definition) is 1. The Morgan fingerprint density at radius 2 is 1.79 bits per heavy atom. The van der Waals surface area contributed by atoms with Crippen LogP contribution in [0, 0.1) is 0 Å². The third-order valence-electron chi connectivity index (χ3n) is 3.24. The zero-order valence-electron chi connectivity index (χ0n) is 13.3. The van der Waals surface area contributed by atoms with E-state index in [1.54, 1.807) is 49.5 Å². The van der Waals surface area contributed by atoms with Crippen LogP contribution in [0.3, 0.4) is 0 Å². The molecule has 1 aromatic heterocycles. The summed E-state index contributed by atoms with van der Waals surface area (Å²) in [6.45, 7) is 2.04. The van der Waals surface area contributed by atoms with Crippen molar-refractivity contribution >= 4 is 23.3 Å². The van der Waals surface area contributed by atoms with Gasteiger partial charge in [0.25, 0.3) is 0 Å². The molecule has 0 saturated carbocycles. The van der Waals surface area contributed by atoms with E-state index in [1.165, 1.54) is 6.20 Å². The summed E-state index contributed by atoms with van der Waals surface area (Å²) in [6, 6.07) is 9.74. The van der Waals surface area contributed by atoms with Crippen molar-refractivity contribution in [2.24, 2.45) is 0 Å². The van der Waals surface area contributed by atoms with E-state index in [0.29, 0.717) is 23.4 Å². The summed E-state index contributed by atoms with van der Waals surface area (Å²) in [5.74, 6) is -0.801. The largest absolute Gasteiger partial charge is 0.462 e. The van der Waals surface area contributed by atoms with Crippen LogP contribution in [0.2, 0.25) is 0 Å². The zero-order chi connectivity index (χ0) is 17.4. The lowest BCUT2D eigenvalue weighted by Gasteiger charge is -2.06. The molecule has 2 rings (SSSR count). The molecule has 0 saturated heterocycles. The molecule has 0 spiro atoms. The number of anilines is 1. The van der Waals surface area contributed by atoms with Gasteiger partial charge < -0.3 is 10.1 Å². The van der Waals surface area contributed by atoms with Crippen molar-refractivity contribution in [3.63, 3.8) is 0 Å². The molecule has 1 aromatic carbocycles. The maximum absolute atomic E-state index is 11.9. The average Bonchev–Trinajstić information content (AvgIpc) is 2.61. The highest BCUT2D eigenvalue weighted by Gasteiger charge is 2.10. The Morgan fingerprint density at radius 1 is 1.04 bits per heavy atom. The molecule has 0 aliphatic heterocycles. The van der Waals surface area contributed by atoms with E-state index in [0.717, 1.165) is 0 Å². The summed E-state index contributed by atoms with van der Waals surface area (Å²) in [4.78, 5) is 39.2. The molecule has 1 N–H and O–H groups in total. The summed E-state index contributed by atoms with van der Waals surface area (Å²) in [7, 11) is 0. The minimum atomic E-state index is -0.405. The van der Waals surface area contributed by atoms with Gasteiger partial charge in [-0.2, -0.15) is 0 Å². The average molecular weight is 326 g/mol. The van der Waals surface area contributed by atoms with Gasteiger partial charge in [-0.25, -0.2) is 4.79 Å². The summed E-state index contributed by atoms with van der Waals surface area (Å²) in [5, 5.41) is 2.69. The van der Waals surface area contributed by atoms with E-state index in [1.807, 2.05) is 0 Å². The van der Waals surface area contributed by atoms with E-state index < -0.39 is 5.97 Å². The molecule has 0 atom stereocenters. The van der Waals surface area contributed by atoms with Crippen LogP contribution in [-0.2, 0) is 9.53 Å². The predicted molar refractivity (Wildman–Crippen MR) is 88.8 cm³/mol. The number of aromatic nitrogens is 1. The number of esters is 1. The third-order valence-corrected chi connectivity index (χ3v) is 3.24. The van der Waals surface area contributed by atoms with E-state index in [4.69, 9.17) is 4.74 Å². The number of nitrogens with zero attached hydrogens (tertiary/aromatic N) is 1. The van der Waals surface area contributed by atoms with Crippen molar-refractivity contribution in [3.8, 4) is 0 Å². The maximum atomic E-state index is 11.9. The van der Waals surface area contributed by atoms with Gasteiger partial charge in [-0.15, -0.1) is 0 Å². The Kier molecular flexibility index (Phi) is 6.19. The second-order valence-corrected chi connectivity index (χ2v) is 5.01. The normalized spacial score (nSPS) is 10.0. The number of amides is 1. The second kappa shape index (κ2) is 8.57. The monoisotopic (exact) mass is 326 g/mol. The Hall–Kier alpha value is -3.02. The maximum Gasteiger partial charge on any atom is 0.338 e. The highest BCUT2D eigenvalue weighted by atomic mass is 16.5. The van der Waals surface area contributed by atoms with Crippen LogP contribution in [0.4, 0.5) is 5.69 Å². The predicted octanol–water partition coefficient (Wildman–Crippen LogP) is 2.86. The van der Waals surface area contributed by atoms with Gasteiger partial charge in [0.2, 0.25) is 5.91 Å². The topological polar surface area (TPSA) is 85.4 Å². The van der Waals surface area contributed by atoms with Gasteiger partial charge in [-0.3, -0.25) is 14.6 Å². The molecule has 0 fully saturated rings. The fourth-order valence-electron chi connectivity index (χ4n) is 2.03. The molecule has 0 unspecified atom stereocenters. The summed E-state index contributed by atoms with van der Waals surface area (Å²) in [6.07, 6.45) is 3.25. The molecule has 0 bridgehead atoms. The molecule has 6 heteroatoms. The van der Waals surface area contributed by atoms with Gasteiger partial charge in [0.1, 0.15) is 0 Å². The fourth-order valence-corrected chi connectivity index (χ4v) is 2.03. The Labute approximate surface area is 139 Å². The van der Waals surface area contributed by atoms with E-state index in [9.17, 15) is 14.4 Å². The summed E-state index contributed by atoms with van der Waals surface area (Å²) < 4.78 is 4.89. The van der Waals surface area contributed by atoms with E-state index in [-0.39, 0.29) is 24.5 Å². The van der Waals surface area contributed by atoms with Crippen molar-refractivity contribution in [3.05, 3.63) is 59.9 Å². The molecule has 124 valence electrons. The Morgan fingerprint density at radius 3 is 2.42 bits per heavy atom. The quantitative estimate of drug-likeness (QED) is 0.624. The molecule has 0 aliphatic rings. The second-order valence-electron chi connectivity index (χ2n) is 5.01. The first kappa shape index (κ1) is 17.3. The Balaban J connectivity index is 1.84. The van der Waals surface area contributed by atoms with Crippen molar-refractivity contribution < 1.29 is 19.1 Å². The molecule has 24 heavy (non-hydrogen) atoms. The highest BCUT2D eigenvalue weighted by molar-refractivity contribution is 6.00. The molecule has 1 amide bonds. The number of carbonyl (C=O) groups is 3. The lowest BCUT2D eigenvalue weighted by atomic mass is 10.1. The van der Waals surface area contributed by atoms with Gasteiger partial charge in [0.15, 0.2) is 5.78 Å². The highest BCUT2D eigenvalue weighted by Crippen LogP contribution is 2.12. The molecular formula is C18H18N2O4. The van der Waals surface area contributed by atoms with Crippen molar-refractivity contribution in [2.45, 2.75) is 19.8 Å². The number of carbonyl (C=O) groups excluding carboxylic acids is 3. The number of Topliss-reactive ketones (excluding diaryl/α,β-unsaturated/α-hetero) is 1. The minimum Gasteiger partial charge on any atom is -0.462 e. The van der Waals surface area contributed by atoms with Gasteiger partial charge in [-0.05, 0) is 43.3 Å². The number of ketones is 1. The van der Waals surface area contributed by atoms with Crippen LogP contribution in [0.5, 0.6) is 0 Å². The number of ether oxygens (including phenoxy) is 1. The van der Waals surface area contributed by atoms with Crippen LogP contribution in [0.1, 0.15) is 40.5 Å². The number of hydrogen-bond acceptors (Lipinski definition) is 5. The summed E-state index contributed by atoms with van der Waals surface area (Å²) >= 11 is 0. The molecular weight excluding hydrogens is 308 g/mol. The van der Waals surface area contributed by atoms with E-state index in [2.05, 4.69) is 10.3 Å². The number of benzene rings is 1. The summed E-state index contributed by atoms with van der Waals surface area (Å²) in [5.41, 5.74) is 1.47. The standard InChI is InChI=1S/C18H18N2O4/c1-2-24-18(23)13-5-7-15(8-6-13)20-17(22)10-9-16(21)14-4-3-11-19-12-14/h3-8,11-12H,2,9-10H2,1H3,(H,20,22). The lowest BCUT2D eigenvalue weighted by Crippen LogP contribution is -2.13. The number of nitrogens with one attached hydrogen (secondary N) is 1. The van der Waals surface area contributed by atoms with Crippen LogP contribution >= 0.6 is 0 Å². The molecule has 0 radical (unpaired) electrons. The lowest BCUT2D eigenvalue weighted by molar-refractivity contribution is -0.116. The van der Waals surface area contributed by atoms with Crippen LogP contribution in [0.25, 0.3) is 0 Å². The molecule has 2 aromatic rings.